The van der Waals surface area contributed by atoms with Crippen LogP contribution in [-0.2, 0) is 19.1 Å². The van der Waals surface area contributed by atoms with Gasteiger partial charge in [-0.3, -0.25) is 19.4 Å². The molecule has 0 aliphatic heterocycles. The van der Waals surface area contributed by atoms with Crippen molar-refractivity contribution in [1.29, 1.82) is 0 Å². The highest BCUT2D eigenvalue weighted by molar-refractivity contribution is 5.99. The molecule has 0 saturated carbocycles. The van der Waals surface area contributed by atoms with E-state index in [-0.39, 0.29) is 31.2 Å². The summed E-state index contributed by atoms with van der Waals surface area (Å²) in [6, 6.07) is 7.97. The zero-order valence-electron chi connectivity index (χ0n) is 24.4. The number of hydrogen-bond acceptors (Lipinski definition) is 6. The van der Waals surface area contributed by atoms with Gasteiger partial charge in [-0.1, -0.05) is 89.3 Å². The van der Waals surface area contributed by atoms with Crippen LogP contribution in [-0.4, -0.2) is 46.0 Å². The molecule has 0 aliphatic rings. The fourth-order valence-electron chi connectivity index (χ4n) is 4.85. The molecule has 0 bridgehead atoms. The van der Waals surface area contributed by atoms with Crippen LogP contribution < -0.4 is 11.1 Å². The molecule has 9 nitrogen and oxygen atoms in total. The second-order valence-electron chi connectivity index (χ2n) is 10.8. The monoisotopic (exact) mass is 569 g/mol. The maximum absolute atomic E-state index is 13.1. The van der Waals surface area contributed by atoms with E-state index in [0.29, 0.717) is 6.42 Å². The first-order chi connectivity index (χ1) is 19.8. The van der Waals surface area contributed by atoms with Gasteiger partial charge in [0.1, 0.15) is 12.1 Å². The zero-order valence-corrected chi connectivity index (χ0v) is 24.4. The zero-order chi connectivity index (χ0) is 29.9. The first kappa shape index (κ1) is 33.7. The number of nitrogens with zero attached hydrogens (tertiary/aromatic N) is 1. The highest BCUT2D eigenvalue weighted by Gasteiger charge is 2.27. The Bertz CT molecular complexity index is 1110. The van der Waals surface area contributed by atoms with Gasteiger partial charge in [0.15, 0.2) is 0 Å². The van der Waals surface area contributed by atoms with Crippen LogP contribution >= 0.6 is 0 Å². The fourth-order valence-corrected chi connectivity index (χ4v) is 4.85. The van der Waals surface area contributed by atoms with Gasteiger partial charge in [0.2, 0.25) is 5.91 Å². The van der Waals surface area contributed by atoms with Gasteiger partial charge in [0.25, 0.3) is 5.91 Å². The normalized spacial score (nSPS) is 12.5. The van der Waals surface area contributed by atoms with Gasteiger partial charge >= 0.3 is 11.9 Å². The molecule has 1 heterocycles. The number of esters is 1. The maximum atomic E-state index is 13.1. The largest absolute Gasteiger partial charge is 0.481 e. The number of pyridine rings is 1. The highest BCUT2D eigenvalue weighted by Crippen LogP contribution is 2.17. The van der Waals surface area contributed by atoms with Crippen LogP contribution in [0.2, 0.25) is 0 Å². The third-order valence-corrected chi connectivity index (χ3v) is 7.17. The summed E-state index contributed by atoms with van der Waals surface area (Å²) in [4.78, 5) is 53.1. The van der Waals surface area contributed by atoms with E-state index in [9.17, 15) is 19.2 Å². The van der Waals surface area contributed by atoms with Crippen LogP contribution in [0.5, 0.6) is 0 Å². The molecule has 1 aromatic carbocycles. The molecule has 41 heavy (non-hydrogen) atoms. The minimum absolute atomic E-state index is 0.0830. The molecule has 0 saturated heterocycles. The molecule has 0 aliphatic carbocycles. The molecule has 0 spiro atoms. The van der Waals surface area contributed by atoms with Gasteiger partial charge in [-0.25, -0.2) is 4.79 Å². The van der Waals surface area contributed by atoms with E-state index in [1.165, 1.54) is 51.1 Å². The number of carbonyl (C=O) groups is 4. The van der Waals surface area contributed by atoms with Crippen LogP contribution in [0.15, 0.2) is 36.5 Å². The van der Waals surface area contributed by atoms with Gasteiger partial charge in [0, 0.05) is 18.0 Å². The van der Waals surface area contributed by atoms with Crippen LogP contribution in [0.4, 0.5) is 0 Å². The second-order valence-corrected chi connectivity index (χ2v) is 10.8. The Kier molecular flexibility index (Phi) is 16.1. The van der Waals surface area contributed by atoms with E-state index >= 15 is 0 Å². The number of amides is 2. The quantitative estimate of drug-likeness (QED) is 0.115. The predicted octanol–water partition coefficient (Wildman–Crippen LogP) is 6.08. The van der Waals surface area contributed by atoms with Gasteiger partial charge in [-0.15, -0.1) is 0 Å². The Labute approximate surface area is 243 Å². The van der Waals surface area contributed by atoms with Gasteiger partial charge in [0.05, 0.1) is 17.5 Å². The van der Waals surface area contributed by atoms with E-state index in [2.05, 4.69) is 17.2 Å². The summed E-state index contributed by atoms with van der Waals surface area (Å²) in [5.41, 5.74) is 6.42. The number of aliphatic carboxylic acids is 1. The Hall–Kier alpha value is -3.49. The minimum Gasteiger partial charge on any atom is -0.481 e. The van der Waals surface area contributed by atoms with Crippen LogP contribution in [0.1, 0.15) is 120 Å². The van der Waals surface area contributed by atoms with Crippen molar-refractivity contribution in [1.82, 2.24) is 10.3 Å². The topological polar surface area (TPSA) is 149 Å². The molecule has 0 fully saturated rings. The number of carboxylic acids is 1. The molecular weight excluding hydrogens is 522 g/mol. The smallest absolute Gasteiger partial charge is 0.328 e. The number of carbonyl (C=O) groups excluding carboxylic acids is 3. The summed E-state index contributed by atoms with van der Waals surface area (Å²) in [7, 11) is 0. The van der Waals surface area contributed by atoms with Crippen molar-refractivity contribution in [2.24, 2.45) is 5.73 Å². The van der Waals surface area contributed by atoms with Crippen molar-refractivity contribution in [3.8, 4) is 0 Å². The lowest BCUT2D eigenvalue weighted by Crippen LogP contribution is -2.43. The van der Waals surface area contributed by atoms with Crippen molar-refractivity contribution in [3.63, 3.8) is 0 Å². The number of rotatable bonds is 22. The number of unbranched alkanes of at least 4 members (excludes halogenated alkanes) is 10. The van der Waals surface area contributed by atoms with Crippen LogP contribution in [0.3, 0.4) is 0 Å². The van der Waals surface area contributed by atoms with Gasteiger partial charge < -0.3 is 20.9 Å². The minimum atomic E-state index is -1.07. The van der Waals surface area contributed by atoms with E-state index in [0.717, 1.165) is 36.6 Å². The molecule has 9 heteroatoms. The molecule has 226 valence electrons. The molecule has 2 aromatic rings. The molecule has 4 N–H and O–H groups in total. The maximum Gasteiger partial charge on any atom is 0.328 e. The number of aromatic nitrogens is 1. The number of fused-ring (bicyclic) bond motifs is 1. The van der Waals surface area contributed by atoms with E-state index < -0.39 is 35.9 Å². The number of ether oxygens (including phenoxy) is 1. The van der Waals surface area contributed by atoms with Crippen molar-refractivity contribution >= 4 is 34.7 Å². The lowest BCUT2D eigenvalue weighted by molar-refractivity contribution is -0.153. The molecular formula is C32H47N3O6. The van der Waals surface area contributed by atoms with Crippen molar-refractivity contribution in [2.75, 3.05) is 0 Å². The van der Waals surface area contributed by atoms with Crippen LogP contribution in [0, 0.1) is 0 Å². The standard InChI is InChI=1S/C32H47N3O6/c1-2-3-4-5-6-7-8-9-10-11-12-17-26(22-29(33)36)41-32(40)28(19-15-20-30(37)38)35-31(39)25-21-24-16-13-14-18-27(24)34-23-25/h13-14,16,18,21,23,26,28H,2-12,15,17,19-20,22H2,1H3,(H2,33,36)(H,35,39)(H,37,38)/t26-,28-/m0/s1. The first-order valence-corrected chi connectivity index (χ1v) is 15.2. The SMILES string of the molecule is CCCCCCCCCCCCC[C@@H](CC(N)=O)OC(=O)[C@H](CCCC(=O)O)NC(=O)c1cnc2ccccc2c1. The molecule has 2 amide bonds. The Morgan fingerprint density at radius 2 is 1.54 bits per heavy atom. The number of nitrogens with two attached hydrogens (primary N) is 1. The molecule has 1 aromatic heterocycles. The van der Waals surface area contributed by atoms with Crippen molar-refractivity contribution < 1.29 is 29.0 Å². The van der Waals surface area contributed by atoms with Gasteiger partial charge in [-0.2, -0.15) is 0 Å². The molecule has 0 radical (unpaired) electrons. The number of carboxylic acid groups (broad SMARTS) is 1. The highest BCUT2D eigenvalue weighted by atomic mass is 16.5. The Morgan fingerprint density at radius 1 is 0.902 bits per heavy atom. The number of para-hydroxylation sites is 1. The number of nitrogens with one attached hydrogen (secondary N) is 1. The first-order valence-electron chi connectivity index (χ1n) is 15.2. The van der Waals surface area contributed by atoms with E-state index in [1.54, 1.807) is 6.07 Å². The van der Waals surface area contributed by atoms with Crippen molar-refractivity contribution in [2.45, 2.75) is 122 Å². The third kappa shape index (κ3) is 14.1. The van der Waals surface area contributed by atoms with Crippen LogP contribution in [0.25, 0.3) is 10.9 Å². The summed E-state index contributed by atoms with van der Waals surface area (Å²) in [5, 5.41) is 12.5. The lowest BCUT2D eigenvalue weighted by Gasteiger charge is -2.22. The summed E-state index contributed by atoms with van der Waals surface area (Å²) in [6.07, 6.45) is 14.2. The second kappa shape index (κ2) is 19.6. The lowest BCUT2D eigenvalue weighted by atomic mass is 10.0. The average Bonchev–Trinajstić information content (AvgIpc) is 2.94. The molecule has 2 rings (SSSR count). The van der Waals surface area contributed by atoms with Gasteiger partial charge in [-0.05, 0) is 37.8 Å². The third-order valence-electron chi connectivity index (χ3n) is 7.17. The van der Waals surface area contributed by atoms with E-state index in [1.807, 2.05) is 24.3 Å². The molecule has 2 atom stereocenters. The Morgan fingerprint density at radius 3 is 2.17 bits per heavy atom. The number of primary amides is 1. The summed E-state index contributed by atoms with van der Waals surface area (Å²) >= 11 is 0. The summed E-state index contributed by atoms with van der Waals surface area (Å²) in [5.74, 6) is -2.78. The average molecular weight is 570 g/mol. The number of hydrogen-bond donors (Lipinski definition) is 3. The predicted molar refractivity (Wildman–Crippen MR) is 159 cm³/mol. The molecule has 0 unspecified atom stereocenters. The van der Waals surface area contributed by atoms with Crippen molar-refractivity contribution in [3.05, 3.63) is 42.1 Å². The fraction of sp³-hybridized carbons (Fsp3) is 0.594. The Balaban J connectivity index is 1.90. The summed E-state index contributed by atoms with van der Waals surface area (Å²) < 4.78 is 5.66. The van der Waals surface area contributed by atoms with E-state index in [4.69, 9.17) is 15.6 Å². The summed E-state index contributed by atoms with van der Waals surface area (Å²) in [6.45, 7) is 2.22. The number of benzene rings is 1.